The van der Waals surface area contributed by atoms with Crippen LogP contribution in [-0.4, -0.2) is 104 Å². The molecule has 5 fully saturated rings. The standard InChI is InChI=1S/C40H51N5O6S/c1-24-19-43(20-25(2)51-24)52(48,49)41-38(46)27-10-14-32-35(16-27)44-23-40(39(47)45-28-11-12-29(45)22-42(3)21-28)18-34(40)33-17-30(50-4)13-15-31(33)37(44)36(32)26-8-6-5-7-9-26/h10,13-17,24-26,28-29,34H,5-9,11-12,18-23H2,1-4H3,(H,41,46)/t24-,25+,28?,29?,34?,40?. The molecule has 9 rings (SSSR count). The van der Waals surface area contributed by atoms with E-state index in [0.717, 1.165) is 73.1 Å². The van der Waals surface area contributed by atoms with Crippen LogP contribution in [0, 0.1) is 5.41 Å². The van der Waals surface area contributed by atoms with Crippen LogP contribution >= 0.6 is 0 Å². The molecule has 0 radical (unpaired) electrons. The summed E-state index contributed by atoms with van der Waals surface area (Å²) >= 11 is 0. The van der Waals surface area contributed by atoms with Gasteiger partial charge >= 0.3 is 10.2 Å². The number of likely N-dealkylation sites (tertiary alicyclic amines) is 1. The van der Waals surface area contributed by atoms with E-state index in [-0.39, 0.29) is 54.8 Å². The molecule has 11 nitrogen and oxygen atoms in total. The highest BCUT2D eigenvalue weighted by Crippen LogP contribution is 2.66. The molecule has 5 heterocycles. The smallest absolute Gasteiger partial charge is 0.304 e. The van der Waals surface area contributed by atoms with Crippen molar-refractivity contribution in [1.29, 1.82) is 0 Å². The van der Waals surface area contributed by atoms with Gasteiger partial charge in [0, 0.05) is 72.8 Å². The lowest BCUT2D eigenvalue weighted by Crippen LogP contribution is -2.57. The van der Waals surface area contributed by atoms with Crippen LogP contribution in [0.5, 0.6) is 5.75 Å². The van der Waals surface area contributed by atoms with E-state index in [4.69, 9.17) is 9.47 Å². The number of nitrogens with one attached hydrogen (secondary N) is 1. The third-order valence-electron chi connectivity index (χ3n) is 13.1. The third-order valence-corrected chi connectivity index (χ3v) is 14.5. The first-order valence-corrected chi connectivity index (χ1v) is 20.7. The summed E-state index contributed by atoms with van der Waals surface area (Å²) in [6.45, 7) is 6.35. The number of morpholine rings is 1. The first-order chi connectivity index (χ1) is 25.0. The molecule has 4 aliphatic heterocycles. The zero-order chi connectivity index (χ0) is 36.1. The summed E-state index contributed by atoms with van der Waals surface area (Å²) < 4.78 is 44.5. The second kappa shape index (κ2) is 12.6. The van der Waals surface area contributed by atoms with Crippen molar-refractivity contribution in [3.05, 3.63) is 53.1 Å². The highest BCUT2D eigenvalue weighted by atomic mass is 32.2. The Bertz CT molecular complexity index is 2030. The molecule has 2 bridgehead atoms. The van der Waals surface area contributed by atoms with Crippen LogP contribution in [0.3, 0.4) is 0 Å². The fraction of sp³-hybridized carbons (Fsp3) is 0.600. The molecule has 0 spiro atoms. The highest BCUT2D eigenvalue weighted by Gasteiger charge is 2.65. The number of nitrogens with zero attached hydrogens (tertiary/aromatic N) is 4. The average Bonchev–Trinajstić information content (AvgIpc) is 3.71. The molecule has 278 valence electrons. The van der Waals surface area contributed by atoms with Gasteiger partial charge in [-0.2, -0.15) is 12.7 Å². The third kappa shape index (κ3) is 5.50. The van der Waals surface area contributed by atoms with Gasteiger partial charge in [-0.15, -0.1) is 0 Å². The summed E-state index contributed by atoms with van der Waals surface area (Å²) in [5, 5.41) is 1.08. The van der Waals surface area contributed by atoms with Crippen molar-refractivity contribution in [2.75, 3.05) is 40.3 Å². The van der Waals surface area contributed by atoms with Gasteiger partial charge in [-0.3, -0.25) is 9.59 Å². The number of hydrogen-bond acceptors (Lipinski definition) is 7. The van der Waals surface area contributed by atoms with Crippen LogP contribution in [0.1, 0.15) is 98.5 Å². The summed E-state index contributed by atoms with van der Waals surface area (Å²) in [4.78, 5) is 33.6. The zero-order valence-corrected chi connectivity index (χ0v) is 31.6. The summed E-state index contributed by atoms with van der Waals surface area (Å²) in [7, 11) is -0.238. The van der Waals surface area contributed by atoms with Crippen LogP contribution in [-0.2, 0) is 26.3 Å². The van der Waals surface area contributed by atoms with E-state index in [1.165, 1.54) is 34.7 Å². The number of likely N-dealkylation sites (N-methyl/N-ethyl adjacent to an activating group) is 1. The molecule has 12 heteroatoms. The largest absolute Gasteiger partial charge is 0.497 e. The van der Waals surface area contributed by atoms with Crippen LogP contribution in [0.2, 0.25) is 0 Å². The van der Waals surface area contributed by atoms with Gasteiger partial charge in [0.15, 0.2) is 0 Å². The van der Waals surface area contributed by atoms with E-state index in [1.54, 1.807) is 13.2 Å². The van der Waals surface area contributed by atoms with E-state index in [1.807, 2.05) is 32.0 Å². The van der Waals surface area contributed by atoms with Crippen LogP contribution in [0.15, 0.2) is 36.4 Å². The minimum Gasteiger partial charge on any atom is -0.497 e. The highest BCUT2D eigenvalue weighted by molar-refractivity contribution is 7.87. The lowest BCUT2D eigenvalue weighted by molar-refractivity contribution is -0.143. The lowest BCUT2D eigenvalue weighted by Gasteiger charge is -2.41. The molecule has 6 atom stereocenters. The summed E-state index contributed by atoms with van der Waals surface area (Å²) in [6, 6.07) is 12.5. The van der Waals surface area contributed by atoms with Crippen LogP contribution in [0.25, 0.3) is 22.2 Å². The van der Waals surface area contributed by atoms with Gasteiger partial charge < -0.3 is 23.8 Å². The summed E-state index contributed by atoms with van der Waals surface area (Å²) in [5.41, 5.74) is 5.31. The maximum Gasteiger partial charge on any atom is 0.304 e. The zero-order valence-electron chi connectivity index (χ0n) is 30.8. The normalized spacial score (nSPS) is 30.7. The second-order valence-electron chi connectivity index (χ2n) is 16.6. The van der Waals surface area contributed by atoms with Gasteiger partial charge in [-0.05, 0) is 100 Å². The van der Waals surface area contributed by atoms with Gasteiger partial charge in [0.05, 0.1) is 30.4 Å². The van der Waals surface area contributed by atoms with E-state index in [9.17, 15) is 13.2 Å². The van der Waals surface area contributed by atoms with Crippen molar-refractivity contribution < 1.29 is 27.5 Å². The minimum absolute atomic E-state index is 0.0632. The number of hydrogen-bond donors (Lipinski definition) is 1. The maximum absolute atomic E-state index is 15.1. The molecule has 3 aromatic rings. The quantitative estimate of drug-likeness (QED) is 0.370. The van der Waals surface area contributed by atoms with E-state index in [0.29, 0.717) is 12.5 Å². The predicted molar refractivity (Wildman–Crippen MR) is 199 cm³/mol. The van der Waals surface area contributed by atoms with Crippen LogP contribution < -0.4 is 9.46 Å². The molecular formula is C40H51N5O6S. The van der Waals surface area contributed by atoms with E-state index >= 15 is 4.79 Å². The Labute approximate surface area is 306 Å². The number of aromatic nitrogens is 1. The molecule has 2 aromatic carbocycles. The van der Waals surface area contributed by atoms with Crippen molar-refractivity contribution in [2.45, 2.75) is 108 Å². The molecule has 2 aliphatic carbocycles. The van der Waals surface area contributed by atoms with Gasteiger partial charge in [-0.1, -0.05) is 25.3 Å². The molecular weight excluding hydrogens is 679 g/mol. The van der Waals surface area contributed by atoms with E-state index < -0.39 is 21.5 Å². The van der Waals surface area contributed by atoms with Crippen molar-refractivity contribution in [3.63, 3.8) is 0 Å². The first-order valence-electron chi connectivity index (χ1n) is 19.3. The Morgan fingerprint density at radius 1 is 0.923 bits per heavy atom. The number of fused-ring (bicyclic) bond motifs is 9. The number of ether oxygens (including phenoxy) is 2. The lowest BCUT2D eigenvalue weighted by atomic mass is 9.81. The van der Waals surface area contributed by atoms with Gasteiger partial charge in [0.2, 0.25) is 5.91 Å². The Kier molecular flexibility index (Phi) is 8.30. The summed E-state index contributed by atoms with van der Waals surface area (Å²) in [5.74, 6) is 0.802. The Morgan fingerprint density at radius 2 is 1.63 bits per heavy atom. The first kappa shape index (κ1) is 34.3. The molecule has 4 unspecified atom stereocenters. The van der Waals surface area contributed by atoms with Gasteiger partial charge in [-0.25, -0.2) is 4.72 Å². The van der Waals surface area contributed by atoms with Gasteiger partial charge in [0.25, 0.3) is 5.91 Å². The molecule has 52 heavy (non-hydrogen) atoms. The monoisotopic (exact) mass is 729 g/mol. The second-order valence-corrected chi connectivity index (χ2v) is 18.3. The molecule has 6 aliphatic rings. The number of amides is 2. The topological polar surface area (TPSA) is 113 Å². The Hall–Kier alpha value is -3.45. The van der Waals surface area contributed by atoms with E-state index in [2.05, 4.69) is 38.3 Å². The Morgan fingerprint density at radius 3 is 2.33 bits per heavy atom. The molecule has 2 saturated carbocycles. The number of rotatable bonds is 6. The predicted octanol–water partition coefficient (Wildman–Crippen LogP) is 5.24. The molecule has 2 amide bonds. The fourth-order valence-corrected chi connectivity index (χ4v) is 12.0. The number of piperazine rings is 1. The molecule has 1 aromatic heterocycles. The van der Waals surface area contributed by atoms with Crippen molar-refractivity contribution in [1.82, 2.24) is 23.4 Å². The fourth-order valence-electron chi connectivity index (χ4n) is 10.7. The molecule has 1 N–H and O–H groups in total. The van der Waals surface area contributed by atoms with Crippen LogP contribution in [0.4, 0.5) is 0 Å². The summed E-state index contributed by atoms with van der Waals surface area (Å²) in [6.07, 6.45) is 8.05. The maximum atomic E-state index is 15.1. The average molecular weight is 730 g/mol. The number of carbonyl (C=O) groups is 2. The number of benzene rings is 2. The number of methoxy groups -OCH3 is 1. The SMILES string of the molecule is COc1ccc2c(c1)C1CC1(C(=O)N1C3CCC1CN(C)C3)Cn1c-2c(C2CCCCC2)c2ccc(C(=O)NS(=O)(=O)N3C[C@@H](C)O[C@@H](C)C3)cc21. The van der Waals surface area contributed by atoms with Crippen molar-refractivity contribution >= 4 is 32.9 Å². The van der Waals surface area contributed by atoms with Crippen molar-refractivity contribution in [2.24, 2.45) is 5.41 Å². The number of carbonyl (C=O) groups excluding carboxylic acids is 2. The van der Waals surface area contributed by atoms with Gasteiger partial charge in [0.1, 0.15) is 5.75 Å². The molecule has 3 saturated heterocycles. The van der Waals surface area contributed by atoms with Crippen molar-refractivity contribution in [3.8, 4) is 17.0 Å². The minimum atomic E-state index is -4.09. The Balaban J connectivity index is 1.17.